The van der Waals surface area contributed by atoms with Crippen LogP contribution in [-0.2, 0) is 11.3 Å². The number of halogens is 1. The molecule has 1 aliphatic heterocycles. The van der Waals surface area contributed by atoms with Crippen molar-refractivity contribution in [1.29, 1.82) is 0 Å². The van der Waals surface area contributed by atoms with Crippen LogP contribution in [0.3, 0.4) is 0 Å². The highest BCUT2D eigenvalue weighted by Gasteiger charge is 2.22. The Bertz CT molecular complexity index is 570. The molecule has 0 radical (unpaired) electrons. The quantitative estimate of drug-likeness (QED) is 0.374. The molecule has 1 saturated heterocycles. The van der Waals surface area contributed by atoms with Gasteiger partial charge in [0.2, 0.25) is 0 Å². The summed E-state index contributed by atoms with van der Waals surface area (Å²) in [5, 5.41) is 6.72. The van der Waals surface area contributed by atoms with Crippen LogP contribution >= 0.6 is 24.0 Å². The minimum atomic E-state index is 0. The van der Waals surface area contributed by atoms with Crippen molar-refractivity contribution in [1.82, 2.24) is 10.6 Å². The summed E-state index contributed by atoms with van der Waals surface area (Å²) in [4.78, 5) is 4.29. The molecule has 1 heterocycles. The molecule has 3 rings (SSSR count). The lowest BCUT2D eigenvalue weighted by molar-refractivity contribution is 0.114. The molecule has 25 heavy (non-hydrogen) atoms. The molecule has 0 bridgehead atoms. The average molecular weight is 459 g/mol. The van der Waals surface area contributed by atoms with E-state index in [2.05, 4.69) is 40.7 Å². The Kier molecular flexibility index (Phi) is 8.29. The van der Waals surface area contributed by atoms with E-state index in [1.807, 2.05) is 0 Å². The molecule has 2 N–H and O–H groups in total. The van der Waals surface area contributed by atoms with Gasteiger partial charge in [-0.3, -0.25) is 4.99 Å². The molecule has 1 unspecified atom stereocenters. The number of benzene rings is 1. The number of guanidine groups is 1. The van der Waals surface area contributed by atoms with Gasteiger partial charge in [-0.25, -0.2) is 0 Å². The number of aryl methyl sites for hydroxylation is 1. The molecule has 1 aromatic rings. The predicted molar refractivity (Wildman–Crippen MR) is 112 cm³/mol. The monoisotopic (exact) mass is 459 g/mol. The van der Waals surface area contributed by atoms with Crippen LogP contribution in [0.15, 0.2) is 23.2 Å². The molecule has 140 valence electrons. The van der Waals surface area contributed by atoms with E-state index in [0.29, 0.717) is 12.6 Å². The highest BCUT2D eigenvalue weighted by molar-refractivity contribution is 14.0. The Hall–Kier alpha value is -1.02. The minimum absolute atomic E-state index is 0. The van der Waals surface area contributed by atoms with Crippen molar-refractivity contribution >= 4 is 29.9 Å². The summed E-state index contributed by atoms with van der Waals surface area (Å²) in [5.41, 5.74) is 2.40. The van der Waals surface area contributed by atoms with Crippen LogP contribution in [0.1, 0.15) is 36.8 Å². The number of nitrogens with zero attached hydrogens (tertiary/aromatic N) is 1. The van der Waals surface area contributed by atoms with Crippen molar-refractivity contribution in [3.8, 4) is 5.75 Å². The first-order chi connectivity index (χ1) is 11.7. The fourth-order valence-corrected chi connectivity index (χ4v) is 2.85. The second kappa shape index (κ2) is 10.2. The maximum atomic E-state index is 6.03. The standard InChI is InChI=1S/C19H29N3O2.HI/c1-14-5-8-16(18(10-14)24-13-15-6-7-15)11-21-19(20-2)22-12-17-4-3-9-23-17;/h5,8,10,15,17H,3-4,6-7,9,11-13H2,1-2H3,(H2,20,21,22);1H. The first-order valence-corrected chi connectivity index (χ1v) is 9.03. The summed E-state index contributed by atoms with van der Waals surface area (Å²) in [5.74, 6) is 2.55. The minimum Gasteiger partial charge on any atom is -0.493 e. The molecule has 2 fully saturated rings. The van der Waals surface area contributed by atoms with E-state index in [1.54, 1.807) is 7.05 Å². The van der Waals surface area contributed by atoms with Gasteiger partial charge in [-0.15, -0.1) is 24.0 Å². The SMILES string of the molecule is CN=C(NCc1ccc(C)cc1OCC1CC1)NCC1CCCO1.I. The highest BCUT2D eigenvalue weighted by atomic mass is 127. The van der Waals surface area contributed by atoms with Crippen LogP contribution in [0.5, 0.6) is 5.75 Å². The van der Waals surface area contributed by atoms with Gasteiger partial charge in [0.15, 0.2) is 5.96 Å². The van der Waals surface area contributed by atoms with Crippen LogP contribution in [-0.4, -0.2) is 38.9 Å². The third kappa shape index (κ3) is 6.66. The van der Waals surface area contributed by atoms with E-state index in [1.165, 1.54) is 24.0 Å². The van der Waals surface area contributed by atoms with Gasteiger partial charge in [-0.2, -0.15) is 0 Å². The van der Waals surface area contributed by atoms with Crippen LogP contribution in [0.25, 0.3) is 0 Å². The predicted octanol–water partition coefficient (Wildman–Crippen LogP) is 3.25. The number of rotatable bonds is 7. The lowest BCUT2D eigenvalue weighted by Crippen LogP contribution is -2.40. The molecular weight excluding hydrogens is 429 g/mol. The summed E-state index contributed by atoms with van der Waals surface area (Å²) in [7, 11) is 1.80. The normalized spacial score (nSPS) is 20.1. The van der Waals surface area contributed by atoms with Crippen LogP contribution in [0, 0.1) is 12.8 Å². The zero-order valence-electron chi connectivity index (χ0n) is 15.2. The van der Waals surface area contributed by atoms with E-state index < -0.39 is 0 Å². The fraction of sp³-hybridized carbons (Fsp3) is 0.632. The van der Waals surface area contributed by atoms with Gasteiger partial charge in [0.05, 0.1) is 12.7 Å². The van der Waals surface area contributed by atoms with Gasteiger partial charge < -0.3 is 20.1 Å². The fourth-order valence-electron chi connectivity index (χ4n) is 2.85. The lowest BCUT2D eigenvalue weighted by Gasteiger charge is -2.17. The molecule has 0 aromatic heterocycles. The molecule has 1 saturated carbocycles. The van der Waals surface area contributed by atoms with Gasteiger partial charge in [-0.05, 0) is 50.2 Å². The van der Waals surface area contributed by atoms with Gasteiger partial charge in [0, 0.05) is 32.3 Å². The van der Waals surface area contributed by atoms with Gasteiger partial charge in [0.25, 0.3) is 0 Å². The number of hydrogen-bond donors (Lipinski definition) is 2. The zero-order valence-corrected chi connectivity index (χ0v) is 17.5. The summed E-state index contributed by atoms with van der Waals surface area (Å²) < 4.78 is 11.7. The van der Waals surface area contributed by atoms with E-state index in [-0.39, 0.29) is 24.0 Å². The van der Waals surface area contributed by atoms with Crippen LogP contribution < -0.4 is 15.4 Å². The van der Waals surface area contributed by atoms with Crippen molar-refractivity contribution in [2.45, 2.75) is 45.3 Å². The first kappa shape index (κ1) is 20.3. The molecule has 1 atom stereocenters. The smallest absolute Gasteiger partial charge is 0.191 e. The Morgan fingerprint density at radius 3 is 2.80 bits per heavy atom. The highest BCUT2D eigenvalue weighted by Crippen LogP contribution is 2.30. The second-order valence-corrected chi connectivity index (χ2v) is 6.81. The molecule has 6 heteroatoms. The molecule has 1 aromatic carbocycles. The maximum Gasteiger partial charge on any atom is 0.191 e. The Balaban J connectivity index is 0.00000225. The Labute approximate surface area is 168 Å². The van der Waals surface area contributed by atoms with Crippen molar-refractivity contribution in [3.63, 3.8) is 0 Å². The molecular formula is C19H30IN3O2. The van der Waals surface area contributed by atoms with Crippen LogP contribution in [0.2, 0.25) is 0 Å². The van der Waals surface area contributed by atoms with Crippen LogP contribution in [0.4, 0.5) is 0 Å². The van der Waals surface area contributed by atoms with Crippen molar-refractivity contribution in [3.05, 3.63) is 29.3 Å². The molecule has 2 aliphatic rings. The van der Waals surface area contributed by atoms with Gasteiger partial charge >= 0.3 is 0 Å². The topological polar surface area (TPSA) is 54.9 Å². The Morgan fingerprint density at radius 1 is 1.28 bits per heavy atom. The zero-order chi connectivity index (χ0) is 16.8. The maximum absolute atomic E-state index is 6.03. The van der Waals surface area contributed by atoms with Gasteiger partial charge in [0.1, 0.15) is 5.75 Å². The number of aliphatic imine (C=N–C) groups is 1. The second-order valence-electron chi connectivity index (χ2n) is 6.81. The molecule has 5 nitrogen and oxygen atoms in total. The first-order valence-electron chi connectivity index (χ1n) is 9.03. The molecule has 1 aliphatic carbocycles. The van der Waals surface area contributed by atoms with E-state index in [0.717, 1.165) is 50.2 Å². The largest absolute Gasteiger partial charge is 0.493 e. The van der Waals surface area contributed by atoms with Crippen molar-refractivity contribution in [2.24, 2.45) is 10.9 Å². The number of nitrogens with one attached hydrogen (secondary N) is 2. The summed E-state index contributed by atoms with van der Waals surface area (Å²) >= 11 is 0. The third-order valence-electron chi connectivity index (χ3n) is 4.59. The average Bonchev–Trinajstić information content (AvgIpc) is 3.28. The summed E-state index contributed by atoms with van der Waals surface area (Å²) in [6.45, 7) is 5.32. The number of ether oxygens (including phenoxy) is 2. The summed E-state index contributed by atoms with van der Waals surface area (Å²) in [6, 6.07) is 6.39. The molecule has 0 amide bonds. The van der Waals surface area contributed by atoms with E-state index in [9.17, 15) is 0 Å². The molecule has 0 spiro atoms. The third-order valence-corrected chi connectivity index (χ3v) is 4.59. The van der Waals surface area contributed by atoms with E-state index >= 15 is 0 Å². The summed E-state index contributed by atoms with van der Waals surface area (Å²) in [6.07, 6.45) is 5.20. The van der Waals surface area contributed by atoms with Crippen molar-refractivity contribution < 1.29 is 9.47 Å². The lowest BCUT2D eigenvalue weighted by atomic mass is 10.1. The number of hydrogen-bond acceptors (Lipinski definition) is 3. The Morgan fingerprint density at radius 2 is 2.12 bits per heavy atom. The van der Waals surface area contributed by atoms with Gasteiger partial charge in [-0.1, -0.05) is 12.1 Å². The van der Waals surface area contributed by atoms with Crippen molar-refractivity contribution in [2.75, 3.05) is 26.8 Å². The van der Waals surface area contributed by atoms with E-state index in [4.69, 9.17) is 9.47 Å².